The van der Waals surface area contributed by atoms with Crippen LogP contribution in [-0.4, -0.2) is 45.3 Å². The van der Waals surface area contributed by atoms with Crippen molar-refractivity contribution in [3.63, 3.8) is 0 Å². The van der Waals surface area contributed by atoms with Crippen LogP contribution in [-0.2, 0) is 0 Å². The Balaban J connectivity index is 0. The molecule has 0 saturated carbocycles. The minimum atomic E-state index is 0.312. The first-order valence-electron chi connectivity index (χ1n) is 7.99. The van der Waals surface area contributed by atoms with Crippen LogP contribution < -0.4 is 34.0 Å². The molecule has 6 heteroatoms. The summed E-state index contributed by atoms with van der Waals surface area (Å²) in [5, 5.41) is 3.29. The Morgan fingerprint density at radius 3 is 1.50 bits per heavy atom. The fraction of sp³-hybridized carbons (Fsp3) is 1.00. The van der Waals surface area contributed by atoms with Gasteiger partial charge in [-0.25, -0.2) is 0 Å². The SMILES string of the molecule is NCCCC(N)CCCN.NCCCCNCCCN. The van der Waals surface area contributed by atoms with Crippen molar-refractivity contribution in [2.75, 3.05) is 39.3 Å². The van der Waals surface area contributed by atoms with Gasteiger partial charge in [-0.3, -0.25) is 0 Å². The minimum absolute atomic E-state index is 0.312. The highest BCUT2D eigenvalue weighted by molar-refractivity contribution is 4.61. The van der Waals surface area contributed by atoms with Crippen LogP contribution in [0, 0.1) is 0 Å². The molecule has 0 bridgehead atoms. The molecule has 20 heavy (non-hydrogen) atoms. The fourth-order valence-electron chi connectivity index (χ4n) is 1.65. The van der Waals surface area contributed by atoms with Gasteiger partial charge in [-0.15, -0.1) is 0 Å². The van der Waals surface area contributed by atoms with E-state index in [1.165, 1.54) is 6.42 Å². The summed E-state index contributed by atoms with van der Waals surface area (Å²) in [4.78, 5) is 0. The molecule has 11 N–H and O–H groups in total. The molecule has 0 fully saturated rings. The van der Waals surface area contributed by atoms with Crippen molar-refractivity contribution in [1.29, 1.82) is 0 Å². The second-order valence-corrected chi connectivity index (χ2v) is 5.01. The van der Waals surface area contributed by atoms with Crippen molar-refractivity contribution in [1.82, 2.24) is 5.32 Å². The molecule has 0 aromatic rings. The Morgan fingerprint density at radius 1 is 0.600 bits per heavy atom. The Bertz CT molecular complexity index is 141. The van der Waals surface area contributed by atoms with Crippen LogP contribution in [0.1, 0.15) is 44.9 Å². The fourth-order valence-corrected chi connectivity index (χ4v) is 1.65. The first kappa shape index (κ1) is 22.0. The summed E-state index contributed by atoms with van der Waals surface area (Å²) < 4.78 is 0. The van der Waals surface area contributed by atoms with Gasteiger partial charge >= 0.3 is 0 Å². The molecule has 0 unspecified atom stereocenters. The number of unbranched alkanes of at least 4 members (excludes halogenated alkanes) is 1. The summed E-state index contributed by atoms with van der Waals surface area (Å²) in [6.45, 7) is 5.20. The number of hydrogen-bond donors (Lipinski definition) is 6. The Morgan fingerprint density at radius 2 is 1.05 bits per heavy atom. The molecular formula is C14H38N6. The average Bonchev–Trinajstić information content (AvgIpc) is 2.47. The van der Waals surface area contributed by atoms with Crippen molar-refractivity contribution < 1.29 is 0 Å². The Labute approximate surface area is 125 Å². The first-order chi connectivity index (χ1) is 9.72. The summed E-state index contributed by atoms with van der Waals surface area (Å²) in [5.74, 6) is 0. The Kier molecular flexibility index (Phi) is 23.2. The molecule has 0 radical (unpaired) electrons. The van der Waals surface area contributed by atoms with Crippen LogP contribution in [0.4, 0.5) is 0 Å². The number of nitrogens with one attached hydrogen (secondary N) is 1. The molecule has 0 aromatic heterocycles. The van der Waals surface area contributed by atoms with Crippen LogP contribution in [0.5, 0.6) is 0 Å². The highest BCUT2D eigenvalue weighted by Gasteiger charge is 1.99. The van der Waals surface area contributed by atoms with E-state index in [0.717, 1.165) is 77.8 Å². The predicted octanol–water partition coefficient (Wildman–Crippen LogP) is -0.545. The van der Waals surface area contributed by atoms with Gasteiger partial charge in [0.1, 0.15) is 0 Å². The molecular weight excluding hydrogens is 252 g/mol. The Hall–Kier alpha value is -0.240. The van der Waals surface area contributed by atoms with Gasteiger partial charge < -0.3 is 34.0 Å². The van der Waals surface area contributed by atoms with Crippen LogP contribution >= 0.6 is 0 Å². The molecule has 0 aliphatic heterocycles. The van der Waals surface area contributed by atoms with Crippen LogP contribution in [0.3, 0.4) is 0 Å². The second kappa shape index (κ2) is 21.1. The molecule has 124 valence electrons. The molecule has 0 aliphatic rings. The van der Waals surface area contributed by atoms with Gasteiger partial charge in [-0.05, 0) is 84.2 Å². The van der Waals surface area contributed by atoms with E-state index in [2.05, 4.69) is 5.32 Å². The molecule has 0 saturated heterocycles. The number of rotatable bonds is 13. The van der Waals surface area contributed by atoms with Gasteiger partial charge in [-0.1, -0.05) is 0 Å². The van der Waals surface area contributed by atoms with Crippen molar-refractivity contribution >= 4 is 0 Å². The average molecular weight is 291 g/mol. The smallest absolute Gasteiger partial charge is 0.00397 e. The van der Waals surface area contributed by atoms with E-state index in [9.17, 15) is 0 Å². The lowest BCUT2D eigenvalue weighted by molar-refractivity contribution is 0.534. The third-order valence-corrected chi connectivity index (χ3v) is 2.92. The van der Waals surface area contributed by atoms with Crippen molar-refractivity contribution in [3.8, 4) is 0 Å². The summed E-state index contributed by atoms with van der Waals surface area (Å²) in [6.07, 6.45) is 7.52. The normalized spacial score (nSPS) is 10.5. The van der Waals surface area contributed by atoms with Gasteiger partial charge in [0.25, 0.3) is 0 Å². The zero-order valence-corrected chi connectivity index (χ0v) is 13.2. The van der Waals surface area contributed by atoms with E-state index in [4.69, 9.17) is 28.7 Å². The summed E-state index contributed by atoms with van der Waals surface area (Å²) in [6, 6.07) is 0.312. The minimum Gasteiger partial charge on any atom is -0.330 e. The van der Waals surface area contributed by atoms with Gasteiger partial charge in [0.05, 0.1) is 0 Å². The van der Waals surface area contributed by atoms with Gasteiger partial charge in [0.15, 0.2) is 0 Å². The standard InChI is InChI=1S/2C7H19N3/c8-5-1-3-7(10)4-2-6-9;8-4-1-2-6-10-7-3-5-9/h7H,1-6,8-10H2;10H,1-9H2. The molecule has 6 nitrogen and oxygen atoms in total. The van der Waals surface area contributed by atoms with Crippen LogP contribution in [0.2, 0.25) is 0 Å². The predicted molar refractivity (Wildman–Crippen MR) is 89.4 cm³/mol. The maximum absolute atomic E-state index is 5.73. The van der Waals surface area contributed by atoms with Crippen molar-refractivity contribution in [2.45, 2.75) is 51.0 Å². The first-order valence-corrected chi connectivity index (χ1v) is 7.99. The maximum Gasteiger partial charge on any atom is 0.00397 e. The molecule has 0 atom stereocenters. The van der Waals surface area contributed by atoms with E-state index >= 15 is 0 Å². The molecule has 0 rings (SSSR count). The molecule has 0 aromatic carbocycles. The molecule has 0 amide bonds. The highest BCUT2D eigenvalue weighted by Crippen LogP contribution is 1.99. The third-order valence-electron chi connectivity index (χ3n) is 2.92. The van der Waals surface area contributed by atoms with Gasteiger partial charge in [0, 0.05) is 6.04 Å². The topological polar surface area (TPSA) is 142 Å². The zero-order chi connectivity index (χ0) is 15.5. The van der Waals surface area contributed by atoms with Crippen molar-refractivity contribution in [3.05, 3.63) is 0 Å². The number of nitrogens with two attached hydrogens (primary N) is 5. The lowest BCUT2D eigenvalue weighted by atomic mass is 10.1. The van der Waals surface area contributed by atoms with E-state index in [1.807, 2.05) is 0 Å². The summed E-state index contributed by atoms with van der Waals surface area (Å²) in [7, 11) is 0. The van der Waals surface area contributed by atoms with E-state index in [-0.39, 0.29) is 0 Å². The molecule has 0 aliphatic carbocycles. The van der Waals surface area contributed by atoms with E-state index < -0.39 is 0 Å². The molecule has 0 heterocycles. The monoisotopic (exact) mass is 290 g/mol. The van der Waals surface area contributed by atoms with Crippen LogP contribution in [0.25, 0.3) is 0 Å². The largest absolute Gasteiger partial charge is 0.330 e. The molecule has 0 spiro atoms. The maximum atomic E-state index is 5.73. The highest BCUT2D eigenvalue weighted by atomic mass is 14.8. The summed E-state index contributed by atoms with van der Waals surface area (Å²) in [5.41, 5.74) is 27.0. The lowest BCUT2D eigenvalue weighted by Gasteiger charge is -2.08. The van der Waals surface area contributed by atoms with Gasteiger partial charge in [-0.2, -0.15) is 0 Å². The van der Waals surface area contributed by atoms with Crippen molar-refractivity contribution in [2.24, 2.45) is 28.7 Å². The quantitative estimate of drug-likeness (QED) is 0.251. The van der Waals surface area contributed by atoms with Crippen LogP contribution in [0.15, 0.2) is 0 Å². The van der Waals surface area contributed by atoms with E-state index in [1.54, 1.807) is 0 Å². The zero-order valence-electron chi connectivity index (χ0n) is 13.2. The van der Waals surface area contributed by atoms with E-state index in [0.29, 0.717) is 6.04 Å². The second-order valence-electron chi connectivity index (χ2n) is 5.01. The number of hydrogen-bond acceptors (Lipinski definition) is 6. The lowest BCUT2D eigenvalue weighted by Crippen LogP contribution is -2.22. The summed E-state index contributed by atoms with van der Waals surface area (Å²) >= 11 is 0. The third kappa shape index (κ3) is 22.9. The van der Waals surface area contributed by atoms with Gasteiger partial charge in [0.2, 0.25) is 0 Å².